The summed E-state index contributed by atoms with van der Waals surface area (Å²) in [6.45, 7) is 1.79. The van der Waals surface area contributed by atoms with Crippen molar-refractivity contribution in [1.29, 1.82) is 0 Å². The number of ether oxygens (including phenoxy) is 2. The molecular formula is C27H27FN2O4. The molecule has 1 aromatic carbocycles. The standard InChI is InChI=1S/C27H27FN2O4/c1-15(27(31)32)26(17-4-5-17)18-6-3-16-8-10-23(34-24(16)11-18)22-9-7-19(13-29-22)20-12-25(33-2)30-14-21(20)28/h3,6-7,9,11-15,17,23,26H,4-5,8,10H2,1-2H3,(H,31,32)/t15-,23?,26-/m0/s1. The number of fused-ring (bicyclic) bond motifs is 1. The summed E-state index contributed by atoms with van der Waals surface area (Å²) in [6.07, 6.45) is 6.34. The Morgan fingerprint density at radius 1 is 1.15 bits per heavy atom. The van der Waals surface area contributed by atoms with E-state index in [1.165, 1.54) is 7.11 Å². The van der Waals surface area contributed by atoms with E-state index in [-0.39, 0.29) is 12.0 Å². The molecule has 1 fully saturated rings. The lowest BCUT2D eigenvalue weighted by Crippen LogP contribution is -2.21. The van der Waals surface area contributed by atoms with Gasteiger partial charge in [-0.25, -0.2) is 9.37 Å². The molecular weight excluding hydrogens is 435 g/mol. The third-order valence-electron chi connectivity index (χ3n) is 6.95. The summed E-state index contributed by atoms with van der Waals surface area (Å²) in [5.74, 6) is -0.0850. The molecule has 5 rings (SSSR count). The molecule has 3 aromatic rings. The van der Waals surface area contributed by atoms with Gasteiger partial charge in [0.1, 0.15) is 17.7 Å². The Balaban J connectivity index is 1.37. The van der Waals surface area contributed by atoms with Crippen molar-refractivity contribution in [1.82, 2.24) is 9.97 Å². The van der Waals surface area contributed by atoms with E-state index in [0.717, 1.165) is 54.5 Å². The summed E-state index contributed by atoms with van der Waals surface area (Å²) >= 11 is 0. The number of benzene rings is 1. The van der Waals surface area contributed by atoms with Gasteiger partial charge in [0, 0.05) is 23.4 Å². The van der Waals surface area contributed by atoms with Gasteiger partial charge in [0.2, 0.25) is 5.88 Å². The summed E-state index contributed by atoms with van der Waals surface area (Å²) in [6, 6.07) is 11.4. The number of aliphatic carboxylic acids is 1. The van der Waals surface area contributed by atoms with Crippen LogP contribution in [-0.2, 0) is 11.2 Å². The number of carbonyl (C=O) groups is 1. The van der Waals surface area contributed by atoms with E-state index in [2.05, 4.69) is 22.1 Å². The second-order valence-electron chi connectivity index (χ2n) is 9.18. The first kappa shape index (κ1) is 22.3. The van der Waals surface area contributed by atoms with Crippen molar-refractivity contribution in [2.24, 2.45) is 11.8 Å². The van der Waals surface area contributed by atoms with Crippen molar-refractivity contribution in [3.05, 3.63) is 71.4 Å². The molecule has 2 aliphatic rings. The lowest BCUT2D eigenvalue weighted by molar-refractivity contribution is -0.142. The van der Waals surface area contributed by atoms with Crippen molar-refractivity contribution in [2.75, 3.05) is 7.11 Å². The monoisotopic (exact) mass is 462 g/mol. The van der Waals surface area contributed by atoms with Gasteiger partial charge in [0.15, 0.2) is 0 Å². The molecule has 0 spiro atoms. The van der Waals surface area contributed by atoms with Gasteiger partial charge in [0.05, 0.1) is 24.9 Å². The summed E-state index contributed by atoms with van der Waals surface area (Å²) in [5, 5.41) is 9.60. The maximum absolute atomic E-state index is 14.3. The first-order chi connectivity index (χ1) is 16.4. The van der Waals surface area contributed by atoms with Crippen LogP contribution in [0.4, 0.5) is 4.39 Å². The number of carboxylic acids is 1. The summed E-state index contributed by atoms with van der Waals surface area (Å²) in [4.78, 5) is 20.1. The minimum Gasteiger partial charge on any atom is -0.484 e. The Hall–Kier alpha value is -3.48. The fourth-order valence-electron chi connectivity index (χ4n) is 4.89. The van der Waals surface area contributed by atoms with E-state index >= 15 is 0 Å². The normalized spacial score (nSPS) is 19.0. The molecule has 176 valence electrons. The lowest BCUT2D eigenvalue weighted by atomic mass is 9.82. The molecule has 1 N–H and O–H groups in total. The fourth-order valence-corrected chi connectivity index (χ4v) is 4.89. The molecule has 0 bridgehead atoms. The van der Waals surface area contributed by atoms with Gasteiger partial charge in [-0.15, -0.1) is 0 Å². The zero-order valence-corrected chi connectivity index (χ0v) is 19.2. The smallest absolute Gasteiger partial charge is 0.306 e. The number of aryl methyl sites for hydroxylation is 1. The molecule has 1 aliphatic carbocycles. The number of hydrogen-bond donors (Lipinski definition) is 1. The van der Waals surface area contributed by atoms with Gasteiger partial charge in [-0.3, -0.25) is 9.78 Å². The van der Waals surface area contributed by atoms with E-state index in [9.17, 15) is 14.3 Å². The van der Waals surface area contributed by atoms with E-state index < -0.39 is 17.7 Å². The third kappa shape index (κ3) is 4.34. The molecule has 6 nitrogen and oxygen atoms in total. The molecule has 0 saturated heterocycles. The Morgan fingerprint density at radius 3 is 2.65 bits per heavy atom. The van der Waals surface area contributed by atoms with Crippen LogP contribution in [0.3, 0.4) is 0 Å². The average Bonchev–Trinajstić information content (AvgIpc) is 3.69. The van der Waals surface area contributed by atoms with Crippen molar-refractivity contribution in [3.63, 3.8) is 0 Å². The second kappa shape index (κ2) is 9.05. The zero-order chi connectivity index (χ0) is 23.8. The van der Waals surface area contributed by atoms with E-state index in [0.29, 0.717) is 22.9 Å². The largest absolute Gasteiger partial charge is 0.484 e. The Morgan fingerprint density at radius 2 is 1.97 bits per heavy atom. The number of carboxylic acid groups (broad SMARTS) is 1. The van der Waals surface area contributed by atoms with Crippen LogP contribution in [0.2, 0.25) is 0 Å². The van der Waals surface area contributed by atoms with Crippen LogP contribution in [0.1, 0.15) is 55.0 Å². The zero-order valence-electron chi connectivity index (χ0n) is 19.2. The Kier molecular flexibility index (Phi) is 5.94. The van der Waals surface area contributed by atoms with Crippen LogP contribution >= 0.6 is 0 Å². The van der Waals surface area contributed by atoms with Crippen LogP contribution < -0.4 is 9.47 Å². The third-order valence-corrected chi connectivity index (χ3v) is 6.95. The van der Waals surface area contributed by atoms with Crippen molar-refractivity contribution >= 4 is 5.97 Å². The molecule has 3 heterocycles. The Bertz CT molecular complexity index is 1210. The van der Waals surface area contributed by atoms with E-state index in [4.69, 9.17) is 9.47 Å². The molecule has 1 saturated carbocycles. The number of hydrogen-bond acceptors (Lipinski definition) is 5. The van der Waals surface area contributed by atoms with Crippen molar-refractivity contribution < 1.29 is 23.8 Å². The topological polar surface area (TPSA) is 81.5 Å². The quantitative estimate of drug-likeness (QED) is 0.494. The highest BCUT2D eigenvalue weighted by Gasteiger charge is 2.39. The molecule has 1 aliphatic heterocycles. The highest BCUT2D eigenvalue weighted by atomic mass is 19.1. The molecule has 2 aromatic heterocycles. The molecule has 0 amide bonds. The SMILES string of the molecule is COc1cc(-c2ccc(C3CCc4ccc([C@H](C5CC5)[C@H](C)C(=O)O)cc4O3)nc2)c(F)cn1. The molecule has 3 atom stereocenters. The molecule has 0 radical (unpaired) electrons. The maximum Gasteiger partial charge on any atom is 0.306 e. The molecule has 7 heteroatoms. The number of pyridine rings is 2. The van der Waals surface area contributed by atoms with Crippen LogP contribution in [0, 0.1) is 17.7 Å². The molecule has 34 heavy (non-hydrogen) atoms. The minimum atomic E-state index is -0.763. The second-order valence-corrected chi connectivity index (χ2v) is 9.18. The molecule has 1 unspecified atom stereocenters. The lowest BCUT2D eigenvalue weighted by Gasteiger charge is -2.28. The number of halogens is 1. The van der Waals surface area contributed by atoms with Gasteiger partial charge < -0.3 is 14.6 Å². The number of methoxy groups -OCH3 is 1. The van der Waals surface area contributed by atoms with Gasteiger partial charge in [0.25, 0.3) is 0 Å². The van der Waals surface area contributed by atoms with Gasteiger partial charge in [-0.2, -0.15) is 0 Å². The van der Waals surface area contributed by atoms with Gasteiger partial charge in [-0.1, -0.05) is 25.1 Å². The summed E-state index contributed by atoms with van der Waals surface area (Å²) in [7, 11) is 1.49. The van der Waals surface area contributed by atoms with Crippen molar-refractivity contribution in [3.8, 4) is 22.8 Å². The van der Waals surface area contributed by atoms with Gasteiger partial charge in [-0.05, 0) is 60.8 Å². The highest BCUT2D eigenvalue weighted by Crippen LogP contribution is 2.48. The highest BCUT2D eigenvalue weighted by molar-refractivity contribution is 5.71. The van der Waals surface area contributed by atoms with E-state index in [1.807, 2.05) is 18.2 Å². The predicted octanol–water partition coefficient (Wildman–Crippen LogP) is 5.57. The van der Waals surface area contributed by atoms with Crippen LogP contribution in [0.15, 0.2) is 48.8 Å². The number of aromatic nitrogens is 2. The predicted molar refractivity (Wildman–Crippen MR) is 124 cm³/mol. The first-order valence-electron chi connectivity index (χ1n) is 11.6. The summed E-state index contributed by atoms with van der Waals surface area (Å²) < 4.78 is 25.7. The van der Waals surface area contributed by atoms with E-state index in [1.54, 1.807) is 19.2 Å². The first-order valence-corrected chi connectivity index (χ1v) is 11.6. The fraction of sp³-hybridized carbons (Fsp3) is 0.370. The minimum absolute atomic E-state index is 0.00330. The maximum atomic E-state index is 14.3. The van der Waals surface area contributed by atoms with Gasteiger partial charge >= 0.3 is 5.97 Å². The Labute approximate surface area is 197 Å². The van der Waals surface area contributed by atoms with Crippen LogP contribution in [-0.4, -0.2) is 28.2 Å². The van der Waals surface area contributed by atoms with Crippen LogP contribution in [0.5, 0.6) is 11.6 Å². The van der Waals surface area contributed by atoms with Crippen molar-refractivity contribution in [2.45, 2.75) is 44.6 Å². The summed E-state index contributed by atoms with van der Waals surface area (Å²) in [5.41, 5.74) is 3.95. The van der Waals surface area contributed by atoms with Crippen LogP contribution in [0.25, 0.3) is 11.1 Å². The number of rotatable bonds is 7. The number of nitrogens with zero attached hydrogens (tertiary/aromatic N) is 2. The average molecular weight is 463 g/mol.